The van der Waals surface area contributed by atoms with Gasteiger partial charge in [-0.05, 0) is 40.2 Å². The number of imidazole rings is 1. The van der Waals surface area contributed by atoms with E-state index in [0.29, 0.717) is 0 Å². The number of rotatable bonds is 2. The Morgan fingerprint density at radius 3 is 2.56 bits per heavy atom. The molecule has 0 bridgehead atoms. The van der Waals surface area contributed by atoms with Crippen molar-refractivity contribution in [1.82, 2.24) is 9.55 Å². The number of aromatic nitrogens is 2. The molecule has 2 aromatic carbocycles. The zero-order chi connectivity index (χ0) is 12.5. The number of hydrogen-bond acceptors (Lipinski definition) is 2. The number of benzene rings is 2. The lowest BCUT2D eigenvalue weighted by molar-refractivity contribution is 0.958. The van der Waals surface area contributed by atoms with E-state index in [0.717, 1.165) is 27.1 Å². The second-order valence-corrected chi connectivity index (χ2v) is 4.94. The predicted octanol–water partition coefficient (Wildman–Crippen LogP) is 4.08. The van der Waals surface area contributed by atoms with Crippen molar-refractivity contribution in [2.75, 3.05) is 5.32 Å². The first-order valence-corrected chi connectivity index (χ1v) is 6.48. The third-order valence-corrected chi connectivity index (χ3v) is 3.60. The van der Waals surface area contributed by atoms with Gasteiger partial charge in [0.05, 0.1) is 16.7 Å². The highest BCUT2D eigenvalue weighted by Gasteiger charge is 2.08. The molecule has 0 aliphatic heterocycles. The van der Waals surface area contributed by atoms with Crippen LogP contribution in [0.25, 0.3) is 11.0 Å². The number of para-hydroxylation sites is 3. The topological polar surface area (TPSA) is 29.9 Å². The smallest absolute Gasteiger partial charge is 0.208 e. The molecule has 0 fully saturated rings. The van der Waals surface area contributed by atoms with Crippen molar-refractivity contribution in [1.29, 1.82) is 0 Å². The Balaban J connectivity index is 2.06. The van der Waals surface area contributed by atoms with Gasteiger partial charge in [0, 0.05) is 11.5 Å². The first kappa shape index (κ1) is 11.3. The Hall–Kier alpha value is -1.81. The van der Waals surface area contributed by atoms with Gasteiger partial charge in [0.15, 0.2) is 0 Å². The number of nitrogens with one attached hydrogen (secondary N) is 1. The van der Waals surface area contributed by atoms with Crippen LogP contribution in [0.2, 0.25) is 0 Å². The van der Waals surface area contributed by atoms with E-state index in [1.54, 1.807) is 0 Å². The summed E-state index contributed by atoms with van der Waals surface area (Å²) >= 11 is 3.52. The minimum Gasteiger partial charge on any atom is -0.325 e. The molecule has 0 radical (unpaired) electrons. The second-order valence-electron chi connectivity index (χ2n) is 4.09. The average Bonchev–Trinajstić information content (AvgIpc) is 2.70. The van der Waals surface area contributed by atoms with Gasteiger partial charge in [0.25, 0.3) is 0 Å². The zero-order valence-corrected chi connectivity index (χ0v) is 11.5. The fraction of sp³-hybridized carbons (Fsp3) is 0.0714. The first-order valence-electron chi connectivity index (χ1n) is 5.69. The van der Waals surface area contributed by atoms with Crippen molar-refractivity contribution in [2.24, 2.45) is 7.05 Å². The Kier molecular flexibility index (Phi) is 2.80. The number of hydrogen-bond donors (Lipinski definition) is 1. The summed E-state index contributed by atoms with van der Waals surface area (Å²) in [6.45, 7) is 0. The molecule has 90 valence electrons. The first-order chi connectivity index (χ1) is 8.75. The number of anilines is 2. The SMILES string of the molecule is Cn1c(Nc2ccccc2Br)nc2ccccc21. The summed E-state index contributed by atoms with van der Waals surface area (Å²) in [4.78, 5) is 4.58. The van der Waals surface area contributed by atoms with Crippen LogP contribution >= 0.6 is 15.9 Å². The number of aryl methyl sites for hydroxylation is 1. The summed E-state index contributed by atoms with van der Waals surface area (Å²) in [6, 6.07) is 16.1. The standard InChI is InChI=1S/C14H12BrN3/c1-18-13-9-5-4-8-12(13)17-14(18)16-11-7-3-2-6-10(11)15/h2-9H,1H3,(H,16,17). The largest absolute Gasteiger partial charge is 0.325 e. The summed E-state index contributed by atoms with van der Waals surface area (Å²) in [5.41, 5.74) is 3.12. The van der Waals surface area contributed by atoms with Gasteiger partial charge in [0.2, 0.25) is 5.95 Å². The van der Waals surface area contributed by atoms with E-state index < -0.39 is 0 Å². The summed E-state index contributed by atoms with van der Waals surface area (Å²) in [7, 11) is 2.01. The molecular formula is C14H12BrN3. The maximum atomic E-state index is 4.58. The van der Waals surface area contributed by atoms with E-state index >= 15 is 0 Å². The lowest BCUT2D eigenvalue weighted by atomic mass is 10.3. The monoisotopic (exact) mass is 301 g/mol. The van der Waals surface area contributed by atoms with Crippen molar-refractivity contribution in [3.05, 3.63) is 53.0 Å². The fourth-order valence-corrected chi connectivity index (χ4v) is 2.32. The molecule has 0 aliphatic rings. The van der Waals surface area contributed by atoms with Crippen molar-refractivity contribution in [2.45, 2.75) is 0 Å². The molecule has 1 heterocycles. The van der Waals surface area contributed by atoms with Gasteiger partial charge in [-0.25, -0.2) is 4.98 Å². The minimum absolute atomic E-state index is 0.836. The molecule has 0 spiro atoms. The molecule has 0 saturated carbocycles. The van der Waals surface area contributed by atoms with Gasteiger partial charge in [-0.1, -0.05) is 24.3 Å². The Morgan fingerprint density at radius 2 is 1.78 bits per heavy atom. The van der Waals surface area contributed by atoms with Crippen LogP contribution in [0.15, 0.2) is 53.0 Å². The normalized spacial score (nSPS) is 10.8. The van der Waals surface area contributed by atoms with Crippen LogP contribution in [0.4, 0.5) is 11.6 Å². The van der Waals surface area contributed by atoms with Gasteiger partial charge in [-0.3, -0.25) is 0 Å². The van der Waals surface area contributed by atoms with Crippen LogP contribution in [0.3, 0.4) is 0 Å². The van der Waals surface area contributed by atoms with Gasteiger partial charge < -0.3 is 9.88 Å². The van der Waals surface area contributed by atoms with Crippen molar-refractivity contribution in [3.63, 3.8) is 0 Å². The molecule has 0 atom stereocenters. The highest BCUT2D eigenvalue weighted by Crippen LogP contribution is 2.26. The molecule has 1 aromatic heterocycles. The summed E-state index contributed by atoms with van der Waals surface area (Å²) in [5.74, 6) is 0.836. The quantitative estimate of drug-likeness (QED) is 0.773. The highest BCUT2D eigenvalue weighted by atomic mass is 79.9. The van der Waals surface area contributed by atoms with E-state index in [1.165, 1.54) is 0 Å². The molecule has 3 aromatic rings. The zero-order valence-electron chi connectivity index (χ0n) is 9.89. The molecule has 0 amide bonds. The fourth-order valence-electron chi connectivity index (χ4n) is 1.94. The summed E-state index contributed by atoms with van der Waals surface area (Å²) < 4.78 is 3.08. The van der Waals surface area contributed by atoms with Crippen LogP contribution in [0.5, 0.6) is 0 Å². The van der Waals surface area contributed by atoms with Gasteiger partial charge in [-0.2, -0.15) is 0 Å². The summed E-state index contributed by atoms with van der Waals surface area (Å²) in [5, 5.41) is 3.33. The molecular weight excluding hydrogens is 290 g/mol. The van der Waals surface area contributed by atoms with E-state index in [9.17, 15) is 0 Å². The lowest BCUT2D eigenvalue weighted by Crippen LogP contribution is -1.99. The van der Waals surface area contributed by atoms with Gasteiger partial charge >= 0.3 is 0 Å². The third kappa shape index (κ3) is 1.88. The predicted molar refractivity (Wildman–Crippen MR) is 78.1 cm³/mol. The van der Waals surface area contributed by atoms with Crippen LogP contribution in [0.1, 0.15) is 0 Å². The van der Waals surface area contributed by atoms with Gasteiger partial charge in [-0.15, -0.1) is 0 Å². The highest BCUT2D eigenvalue weighted by molar-refractivity contribution is 9.10. The van der Waals surface area contributed by atoms with Crippen LogP contribution in [-0.4, -0.2) is 9.55 Å². The molecule has 4 heteroatoms. The average molecular weight is 302 g/mol. The van der Waals surface area contributed by atoms with Crippen LogP contribution in [-0.2, 0) is 7.05 Å². The Labute approximate surface area is 114 Å². The molecule has 0 aliphatic carbocycles. The molecule has 3 nitrogen and oxygen atoms in total. The van der Waals surface area contributed by atoms with Crippen LogP contribution in [0, 0.1) is 0 Å². The van der Waals surface area contributed by atoms with E-state index in [-0.39, 0.29) is 0 Å². The number of halogens is 1. The molecule has 1 N–H and O–H groups in total. The van der Waals surface area contributed by atoms with E-state index in [4.69, 9.17) is 0 Å². The molecule has 18 heavy (non-hydrogen) atoms. The van der Waals surface area contributed by atoms with Gasteiger partial charge in [0.1, 0.15) is 0 Å². The van der Waals surface area contributed by atoms with Crippen molar-refractivity contribution < 1.29 is 0 Å². The Bertz CT molecular complexity index is 703. The lowest BCUT2D eigenvalue weighted by Gasteiger charge is -2.07. The Morgan fingerprint density at radius 1 is 1.06 bits per heavy atom. The molecule has 0 unspecified atom stereocenters. The van der Waals surface area contributed by atoms with Crippen molar-refractivity contribution >= 4 is 38.6 Å². The number of nitrogens with zero attached hydrogens (tertiary/aromatic N) is 2. The van der Waals surface area contributed by atoms with Crippen molar-refractivity contribution in [3.8, 4) is 0 Å². The summed E-state index contributed by atoms with van der Waals surface area (Å²) in [6.07, 6.45) is 0. The van der Waals surface area contributed by atoms with E-state index in [2.05, 4.69) is 36.9 Å². The van der Waals surface area contributed by atoms with E-state index in [1.807, 2.05) is 49.5 Å². The minimum atomic E-state index is 0.836. The maximum absolute atomic E-state index is 4.58. The number of fused-ring (bicyclic) bond motifs is 1. The second kappa shape index (κ2) is 4.46. The molecule has 3 rings (SSSR count). The third-order valence-electron chi connectivity index (χ3n) is 2.91. The van der Waals surface area contributed by atoms with Crippen LogP contribution < -0.4 is 5.32 Å². The molecule has 0 saturated heterocycles. The maximum Gasteiger partial charge on any atom is 0.208 e.